The van der Waals surface area contributed by atoms with E-state index in [0.29, 0.717) is 18.9 Å². The third kappa shape index (κ3) is 3.27. The number of carbonyl (C=O) groups is 1. The van der Waals surface area contributed by atoms with E-state index in [1.165, 1.54) is 0 Å². The summed E-state index contributed by atoms with van der Waals surface area (Å²) in [5.41, 5.74) is 2.63. The molecule has 0 aliphatic carbocycles. The molecule has 2 heterocycles. The van der Waals surface area contributed by atoms with Crippen LogP contribution in [0.4, 0.5) is 5.69 Å². The van der Waals surface area contributed by atoms with E-state index < -0.39 is 0 Å². The second kappa shape index (κ2) is 5.27. The van der Waals surface area contributed by atoms with Gasteiger partial charge < -0.3 is 10.1 Å². The number of carbonyl (C=O) groups excluding carboxylic acids is 1. The van der Waals surface area contributed by atoms with Crippen molar-refractivity contribution in [1.82, 2.24) is 4.98 Å². The number of ether oxygens (including phenoxy) is 1. The number of anilines is 1. The topological polar surface area (TPSA) is 51.2 Å². The lowest BCUT2D eigenvalue weighted by Gasteiger charge is -2.10. The highest BCUT2D eigenvalue weighted by atomic mass is 16.5. The normalized spacial score (nSPS) is 19.3. The molecule has 1 saturated heterocycles. The molecule has 0 radical (unpaired) electrons. The molecule has 4 heteroatoms. The van der Waals surface area contributed by atoms with Crippen LogP contribution in [0.3, 0.4) is 0 Å². The first-order chi connectivity index (χ1) is 8.15. The Morgan fingerprint density at radius 1 is 1.53 bits per heavy atom. The summed E-state index contributed by atoms with van der Waals surface area (Å²) in [6.45, 7) is 5.33. The lowest BCUT2D eigenvalue weighted by Crippen LogP contribution is -2.17. The predicted molar refractivity (Wildman–Crippen MR) is 65.9 cm³/mol. The van der Waals surface area contributed by atoms with E-state index in [-0.39, 0.29) is 5.91 Å². The van der Waals surface area contributed by atoms with Gasteiger partial charge in [-0.1, -0.05) is 0 Å². The molecule has 1 unspecified atom stereocenters. The molecule has 1 atom stereocenters. The van der Waals surface area contributed by atoms with Crippen LogP contribution in [0.15, 0.2) is 12.1 Å². The Balaban J connectivity index is 1.93. The van der Waals surface area contributed by atoms with Gasteiger partial charge in [0, 0.05) is 25.3 Å². The molecule has 0 spiro atoms. The molecular weight excluding hydrogens is 216 g/mol. The van der Waals surface area contributed by atoms with E-state index in [9.17, 15) is 4.79 Å². The van der Waals surface area contributed by atoms with Gasteiger partial charge >= 0.3 is 0 Å². The zero-order valence-corrected chi connectivity index (χ0v) is 10.3. The first-order valence-corrected chi connectivity index (χ1v) is 5.97. The Bertz CT molecular complexity index is 412. The molecule has 0 saturated carbocycles. The van der Waals surface area contributed by atoms with Crippen molar-refractivity contribution >= 4 is 11.6 Å². The molecule has 4 nitrogen and oxygen atoms in total. The highest BCUT2D eigenvalue weighted by Crippen LogP contribution is 2.18. The van der Waals surface area contributed by atoms with E-state index in [2.05, 4.69) is 10.3 Å². The van der Waals surface area contributed by atoms with Crippen molar-refractivity contribution in [2.75, 3.05) is 18.5 Å². The molecule has 1 fully saturated rings. The lowest BCUT2D eigenvalue weighted by molar-refractivity contribution is -0.117. The summed E-state index contributed by atoms with van der Waals surface area (Å²) in [5, 5.41) is 2.91. The van der Waals surface area contributed by atoms with Crippen LogP contribution in [0.2, 0.25) is 0 Å². The number of aryl methyl sites for hydroxylation is 2. The first-order valence-electron chi connectivity index (χ1n) is 5.97. The van der Waals surface area contributed by atoms with Gasteiger partial charge in [-0.15, -0.1) is 0 Å². The number of nitrogens with zero attached hydrogens (tertiary/aromatic N) is 1. The molecule has 92 valence electrons. The fourth-order valence-corrected chi connectivity index (χ4v) is 2.03. The molecule has 0 bridgehead atoms. The summed E-state index contributed by atoms with van der Waals surface area (Å²) in [5.74, 6) is 0.419. The average Bonchev–Trinajstić information content (AvgIpc) is 2.75. The van der Waals surface area contributed by atoms with Crippen LogP contribution in [0, 0.1) is 19.8 Å². The van der Waals surface area contributed by atoms with Gasteiger partial charge in [0.1, 0.15) is 0 Å². The summed E-state index contributed by atoms with van der Waals surface area (Å²) in [6, 6.07) is 3.81. The van der Waals surface area contributed by atoms with Crippen LogP contribution in [0.1, 0.15) is 24.2 Å². The van der Waals surface area contributed by atoms with E-state index in [0.717, 1.165) is 30.1 Å². The van der Waals surface area contributed by atoms with Crippen molar-refractivity contribution < 1.29 is 9.53 Å². The lowest BCUT2D eigenvalue weighted by atomic mass is 10.0. The number of hydrogen-bond acceptors (Lipinski definition) is 3. The van der Waals surface area contributed by atoms with Crippen LogP contribution < -0.4 is 5.32 Å². The van der Waals surface area contributed by atoms with Crippen molar-refractivity contribution in [3.05, 3.63) is 23.5 Å². The van der Waals surface area contributed by atoms with E-state index in [4.69, 9.17) is 4.74 Å². The summed E-state index contributed by atoms with van der Waals surface area (Å²) in [7, 11) is 0. The molecule has 1 aliphatic heterocycles. The van der Waals surface area contributed by atoms with Crippen LogP contribution in [0.5, 0.6) is 0 Å². The standard InChI is InChI=1S/C13H18N2O2/c1-9-3-4-12(10(2)14-9)15-13(16)7-11-5-6-17-8-11/h3-4,11H,5-8H2,1-2H3,(H,15,16). The first kappa shape index (κ1) is 12.0. The van der Waals surface area contributed by atoms with Crippen molar-refractivity contribution in [3.8, 4) is 0 Å². The summed E-state index contributed by atoms with van der Waals surface area (Å²) in [4.78, 5) is 16.1. The smallest absolute Gasteiger partial charge is 0.224 e. The van der Waals surface area contributed by atoms with Gasteiger partial charge in [-0.3, -0.25) is 9.78 Å². The summed E-state index contributed by atoms with van der Waals surface area (Å²) < 4.78 is 5.26. The van der Waals surface area contributed by atoms with Gasteiger partial charge in [-0.25, -0.2) is 0 Å². The number of nitrogens with one attached hydrogen (secondary N) is 1. The van der Waals surface area contributed by atoms with Crippen LogP contribution in [-0.2, 0) is 9.53 Å². The molecule has 1 aromatic rings. The Morgan fingerprint density at radius 2 is 2.35 bits per heavy atom. The molecular formula is C13H18N2O2. The van der Waals surface area contributed by atoms with Gasteiger partial charge in [0.2, 0.25) is 5.91 Å². The summed E-state index contributed by atoms with van der Waals surface area (Å²) in [6.07, 6.45) is 1.52. The maximum Gasteiger partial charge on any atom is 0.224 e. The van der Waals surface area contributed by atoms with Crippen molar-refractivity contribution in [2.24, 2.45) is 5.92 Å². The number of pyridine rings is 1. The predicted octanol–water partition coefficient (Wildman–Crippen LogP) is 2.06. The Morgan fingerprint density at radius 3 is 3.00 bits per heavy atom. The Kier molecular flexibility index (Phi) is 3.74. The maximum absolute atomic E-state index is 11.8. The molecule has 1 amide bonds. The number of rotatable bonds is 3. The van der Waals surface area contributed by atoms with Gasteiger partial charge in [-0.05, 0) is 38.3 Å². The van der Waals surface area contributed by atoms with Crippen molar-refractivity contribution in [1.29, 1.82) is 0 Å². The van der Waals surface area contributed by atoms with E-state index >= 15 is 0 Å². The second-order valence-corrected chi connectivity index (χ2v) is 4.57. The molecule has 2 rings (SSSR count). The van der Waals surface area contributed by atoms with Gasteiger partial charge in [0.05, 0.1) is 11.4 Å². The largest absolute Gasteiger partial charge is 0.381 e. The van der Waals surface area contributed by atoms with Crippen molar-refractivity contribution in [3.63, 3.8) is 0 Å². The summed E-state index contributed by atoms with van der Waals surface area (Å²) >= 11 is 0. The zero-order chi connectivity index (χ0) is 12.3. The third-order valence-electron chi connectivity index (χ3n) is 3.00. The van der Waals surface area contributed by atoms with Crippen molar-refractivity contribution in [2.45, 2.75) is 26.7 Å². The fourth-order valence-electron chi connectivity index (χ4n) is 2.03. The van der Waals surface area contributed by atoms with E-state index in [1.54, 1.807) is 0 Å². The quantitative estimate of drug-likeness (QED) is 0.871. The third-order valence-corrected chi connectivity index (χ3v) is 3.00. The maximum atomic E-state index is 11.8. The minimum atomic E-state index is 0.0502. The molecule has 1 N–H and O–H groups in total. The average molecular weight is 234 g/mol. The zero-order valence-electron chi connectivity index (χ0n) is 10.3. The van der Waals surface area contributed by atoms with E-state index in [1.807, 2.05) is 26.0 Å². The van der Waals surface area contributed by atoms with Gasteiger partial charge in [0.25, 0.3) is 0 Å². The minimum Gasteiger partial charge on any atom is -0.381 e. The Labute approximate surface area is 101 Å². The highest BCUT2D eigenvalue weighted by Gasteiger charge is 2.19. The molecule has 17 heavy (non-hydrogen) atoms. The van der Waals surface area contributed by atoms with Crippen LogP contribution in [-0.4, -0.2) is 24.1 Å². The molecule has 1 aromatic heterocycles. The Hall–Kier alpha value is -1.42. The second-order valence-electron chi connectivity index (χ2n) is 4.57. The molecule has 1 aliphatic rings. The number of aromatic nitrogens is 1. The number of amides is 1. The van der Waals surface area contributed by atoms with Gasteiger partial charge in [-0.2, -0.15) is 0 Å². The fraction of sp³-hybridized carbons (Fsp3) is 0.538. The highest BCUT2D eigenvalue weighted by molar-refractivity contribution is 5.91. The van der Waals surface area contributed by atoms with Crippen LogP contribution >= 0.6 is 0 Å². The SMILES string of the molecule is Cc1ccc(NC(=O)CC2CCOC2)c(C)n1. The van der Waals surface area contributed by atoms with Gasteiger partial charge in [0.15, 0.2) is 0 Å². The minimum absolute atomic E-state index is 0.0502. The monoisotopic (exact) mass is 234 g/mol. The number of hydrogen-bond donors (Lipinski definition) is 1. The molecule has 0 aromatic carbocycles. The van der Waals surface area contributed by atoms with Crippen LogP contribution in [0.25, 0.3) is 0 Å².